The Morgan fingerprint density at radius 1 is 1.24 bits per heavy atom. The van der Waals surface area contributed by atoms with Gasteiger partial charge in [0.05, 0.1) is 6.10 Å². The van der Waals surface area contributed by atoms with Gasteiger partial charge in [0, 0.05) is 19.4 Å². The van der Waals surface area contributed by atoms with E-state index in [9.17, 15) is 14.7 Å². The Hall–Kier alpha value is -1.10. The predicted octanol–water partition coefficient (Wildman–Crippen LogP) is 0.613. The van der Waals surface area contributed by atoms with E-state index in [1.54, 1.807) is 0 Å². The smallest absolute Gasteiger partial charge is 0.326 e. The van der Waals surface area contributed by atoms with Crippen LogP contribution in [-0.4, -0.2) is 45.7 Å². The highest BCUT2D eigenvalue weighted by molar-refractivity contribution is 5.84. The van der Waals surface area contributed by atoms with Crippen LogP contribution < -0.4 is 0 Å². The third-order valence-corrected chi connectivity index (χ3v) is 3.82. The maximum absolute atomic E-state index is 12.0. The van der Waals surface area contributed by atoms with Gasteiger partial charge < -0.3 is 15.1 Å². The third kappa shape index (κ3) is 2.77. The number of hydrogen-bond donors (Lipinski definition) is 2. The molecule has 2 atom stereocenters. The van der Waals surface area contributed by atoms with E-state index >= 15 is 0 Å². The second-order valence-electron chi connectivity index (χ2n) is 5.14. The van der Waals surface area contributed by atoms with Crippen LogP contribution >= 0.6 is 0 Å². The van der Waals surface area contributed by atoms with Crippen molar-refractivity contribution in [1.82, 2.24) is 4.90 Å². The summed E-state index contributed by atoms with van der Waals surface area (Å²) in [6.45, 7) is 0.169. The lowest BCUT2D eigenvalue weighted by molar-refractivity contribution is -0.148. The van der Waals surface area contributed by atoms with Gasteiger partial charge in [-0.1, -0.05) is 12.8 Å². The Morgan fingerprint density at radius 3 is 2.47 bits per heavy atom. The van der Waals surface area contributed by atoms with E-state index in [1.165, 1.54) is 17.7 Å². The van der Waals surface area contributed by atoms with Crippen LogP contribution in [0.2, 0.25) is 0 Å². The number of carbonyl (C=O) groups is 2. The van der Waals surface area contributed by atoms with Crippen LogP contribution in [0.3, 0.4) is 0 Å². The van der Waals surface area contributed by atoms with E-state index in [0.29, 0.717) is 12.3 Å². The minimum Gasteiger partial charge on any atom is -0.480 e. The first kappa shape index (κ1) is 12.4. The van der Waals surface area contributed by atoms with Crippen molar-refractivity contribution in [1.29, 1.82) is 0 Å². The van der Waals surface area contributed by atoms with Crippen molar-refractivity contribution < 1.29 is 19.8 Å². The van der Waals surface area contributed by atoms with Gasteiger partial charge in [0.2, 0.25) is 5.91 Å². The second-order valence-corrected chi connectivity index (χ2v) is 5.14. The number of β-amino-alcohol motifs (C(OH)–C–C–N with tert-alkyl or cyclic N) is 1. The molecule has 0 aromatic heterocycles. The fraction of sp³-hybridized carbons (Fsp3) is 0.833. The quantitative estimate of drug-likeness (QED) is 0.759. The van der Waals surface area contributed by atoms with Crippen molar-refractivity contribution in [2.24, 2.45) is 5.92 Å². The molecule has 1 amide bonds. The zero-order valence-corrected chi connectivity index (χ0v) is 9.84. The number of likely N-dealkylation sites (tertiary alicyclic amines) is 1. The molecule has 2 fully saturated rings. The molecule has 0 aromatic carbocycles. The molecule has 1 aliphatic heterocycles. The summed E-state index contributed by atoms with van der Waals surface area (Å²) in [5.74, 6) is -0.711. The number of hydrogen-bond acceptors (Lipinski definition) is 3. The minimum absolute atomic E-state index is 0.110. The molecule has 17 heavy (non-hydrogen) atoms. The summed E-state index contributed by atoms with van der Waals surface area (Å²) in [7, 11) is 0. The van der Waals surface area contributed by atoms with Crippen LogP contribution in [-0.2, 0) is 9.59 Å². The molecule has 96 valence electrons. The lowest BCUT2D eigenvalue weighted by Crippen LogP contribution is -2.41. The van der Waals surface area contributed by atoms with E-state index in [1.807, 2.05) is 0 Å². The molecule has 0 bridgehead atoms. The van der Waals surface area contributed by atoms with E-state index < -0.39 is 18.1 Å². The lowest BCUT2D eigenvalue weighted by Gasteiger charge is -2.22. The Labute approximate surface area is 100 Å². The second kappa shape index (κ2) is 5.04. The highest BCUT2D eigenvalue weighted by atomic mass is 16.4. The van der Waals surface area contributed by atoms with Gasteiger partial charge in [0.15, 0.2) is 0 Å². The number of aliphatic carboxylic acids is 1. The maximum atomic E-state index is 12.0. The summed E-state index contributed by atoms with van der Waals surface area (Å²) in [4.78, 5) is 24.3. The molecule has 2 aliphatic rings. The summed E-state index contributed by atoms with van der Waals surface area (Å²) in [6.07, 6.45) is 4.39. The number of carbonyl (C=O) groups excluding carboxylic acids is 1. The first-order valence-electron chi connectivity index (χ1n) is 6.28. The molecule has 0 radical (unpaired) electrons. The van der Waals surface area contributed by atoms with E-state index in [2.05, 4.69) is 0 Å². The molecule has 5 nitrogen and oxygen atoms in total. The van der Waals surface area contributed by atoms with E-state index in [4.69, 9.17) is 5.11 Å². The third-order valence-electron chi connectivity index (χ3n) is 3.82. The number of carboxylic acid groups (broad SMARTS) is 1. The van der Waals surface area contributed by atoms with Gasteiger partial charge in [-0.3, -0.25) is 4.79 Å². The number of nitrogens with zero attached hydrogens (tertiary/aromatic N) is 1. The summed E-state index contributed by atoms with van der Waals surface area (Å²) < 4.78 is 0. The Morgan fingerprint density at radius 2 is 1.88 bits per heavy atom. The van der Waals surface area contributed by atoms with Crippen molar-refractivity contribution in [3.05, 3.63) is 0 Å². The molecule has 1 saturated carbocycles. The van der Waals surface area contributed by atoms with Gasteiger partial charge in [-0.15, -0.1) is 0 Å². The van der Waals surface area contributed by atoms with Crippen LogP contribution in [0.5, 0.6) is 0 Å². The topological polar surface area (TPSA) is 77.8 Å². The summed E-state index contributed by atoms with van der Waals surface area (Å²) in [5, 5.41) is 18.5. The molecule has 1 heterocycles. The van der Waals surface area contributed by atoms with Gasteiger partial charge in [0.1, 0.15) is 6.04 Å². The Kier molecular flexibility index (Phi) is 3.66. The standard InChI is InChI=1S/C12H19NO4/c14-9-6-10(12(16)17)13(7-9)11(15)5-8-3-1-2-4-8/h8-10,14H,1-7H2,(H,16,17). The van der Waals surface area contributed by atoms with Crippen molar-refractivity contribution >= 4 is 11.9 Å². The van der Waals surface area contributed by atoms with Gasteiger partial charge in [-0.05, 0) is 18.8 Å². The van der Waals surface area contributed by atoms with Crippen molar-refractivity contribution in [2.75, 3.05) is 6.54 Å². The van der Waals surface area contributed by atoms with Crippen LogP contribution in [0.4, 0.5) is 0 Å². The van der Waals surface area contributed by atoms with Crippen LogP contribution in [0.15, 0.2) is 0 Å². The molecular weight excluding hydrogens is 222 g/mol. The van der Waals surface area contributed by atoms with Gasteiger partial charge in [-0.25, -0.2) is 4.79 Å². The van der Waals surface area contributed by atoms with Crippen molar-refractivity contribution in [3.63, 3.8) is 0 Å². The number of rotatable bonds is 3. The van der Waals surface area contributed by atoms with Crippen LogP contribution in [0.1, 0.15) is 38.5 Å². The minimum atomic E-state index is -1.01. The van der Waals surface area contributed by atoms with Gasteiger partial charge in [-0.2, -0.15) is 0 Å². The van der Waals surface area contributed by atoms with Gasteiger partial charge in [0.25, 0.3) is 0 Å². The molecule has 2 N–H and O–H groups in total. The molecule has 0 aromatic rings. The number of carboxylic acids is 1. The average molecular weight is 241 g/mol. The first-order chi connectivity index (χ1) is 8.08. The normalized spacial score (nSPS) is 29.8. The summed E-state index contributed by atoms with van der Waals surface area (Å²) >= 11 is 0. The molecule has 2 rings (SSSR count). The average Bonchev–Trinajstić information content (AvgIpc) is 2.86. The lowest BCUT2D eigenvalue weighted by atomic mass is 10.0. The number of aliphatic hydroxyl groups excluding tert-OH is 1. The Bertz CT molecular complexity index is 312. The molecule has 0 spiro atoms. The van der Waals surface area contributed by atoms with Crippen LogP contribution in [0, 0.1) is 5.92 Å². The highest BCUT2D eigenvalue weighted by Crippen LogP contribution is 2.29. The highest BCUT2D eigenvalue weighted by Gasteiger charge is 2.39. The fourth-order valence-corrected chi connectivity index (χ4v) is 2.90. The van der Waals surface area contributed by atoms with Crippen molar-refractivity contribution in [3.8, 4) is 0 Å². The Balaban J connectivity index is 1.94. The maximum Gasteiger partial charge on any atom is 0.326 e. The molecular formula is C12H19NO4. The number of amides is 1. The largest absolute Gasteiger partial charge is 0.480 e. The van der Waals surface area contributed by atoms with Crippen LogP contribution in [0.25, 0.3) is 0 Å². The molecule has 5 heteroatoms. The molecule has 1 aliphatic carbocycles. The SMILES string of the molecule is O=C(O)C1CC(O)CN1C(=O)CC1CCCC1. The fourth-order valence-electron chi connectivity index (χ4n) is 2.90. The summed E-state index contributed by atoms with van der Waals surface area (Å²) in [5.41, 5.74) is 0. The zero-order chi connectivity index (χ0) is 12.4. The zero-order valence-electron chi connectivity index (χ0n) is 9.84. The van der Waals surface area contributed by atoms with Gasteiger partial charge >= 0.3 is 5.97 Å². The molecule has 2 unspecified atom stereocenters. The summed E-state index contributed by atoms with van der Waals surface area (Å²) in [6, 6.07) is -0.834. The monoisotopic (exact) mass is 241 g/mol. The number of aliphatic hydroxyl groups is 1. The van der Waals surface area contributed by atoms with E-state index in [-0.39, 0.29) is 18.9 Å². The van der Waals surface area contributed by atoms with Crippen molar-refractivity contribution in [2.45, 2.75) is 50.7 Å². The predicted molar refractivity (Wildman–Crippen MR) is 60.3 cm³/mol. The first-order valence-corrected chi connectivity index (χ1v) is 6.28. The molecule has 1 saturated heterocycles. The van der Waals surface area contributed by atoms with E-state index in [0.717, 1.165) is 12.8 Å².